The van der Waals surface area contributed by atoms with Gasteiger partial charge in [-0.25, -0.2) is 0 Å². The van der Waals surface area contributed by atoms with E-state index < -0.39 is 0 Å². The van der Waals surface area contributed by atoms with E-state index in [1.54, 1.807) is 0 Å². The Labute approximate surface area is 124 Å². The fourth-order valence-electron chi connectivity index (χ4n) is 3.86. The molecule has 1 unspecified atom stereocenters. The Balaban J connectivity index is 1.87. The van der Waals surface area contributed by atoms with Crippen molar-refractivity contribution in [3.63, 3.8) is 0 Å². The summed E-state index contributed by atoms with van der Waals surface area (Å²) in [6.07, 6.45) is 8.43. The van der Waals surface area contributed by atoms with Crippen LogP contribution in [0.4, 0.5) is 0 Å². The van der Waals surface area contributed by atoms with Crippen LogP contribution in [0.2, 0.25) is 0 Å². The van der Waals surface area contributed by atoms with E-state index in [4.69, 9.17) is 0 Å². The first-order valence-electron chi connectivity index (χ1n) is 8.33. The zero-order chi connectivity index (χ0) is 14.5. The second-order valence-corrected chi connectivity index (χ2v) is 6.84. The zero-order valence-electron chi connectivity index (χ0n) is 13.4. The highest BCUT2D eigenvalue weighted by atomic mass is 16.3. The van der Waals surface area contributed by atoms with Crippen LogP contribution in [0.1, 0.15) is 62.1 Å². The van der Waals surface area contributed by atoms with E-state index in [9.17, 15) is 5.11 Å². The lowest BCUT2D eigenvalue weighted by atomic mass is 9.77. The first kappa shape index (κ1) is 15.6. The minimum Gasteiger partial charge on any atom is -0.392 e. The standard InChI is InChI=1S/C19H30O/c1-4-5-16-6-8-18(9-7-16)19(20)13-17-11-14(2)10-15(3)12-17/h10-12,16,18-20H,4-9,13H2,1-3H3. The summed E-state index contributed by atoms with van der Waals surface area (Å²) in [5.41, 5.74) is 3.91. The molecule has 1 nitrogen and oxygen atoms in total. The summed E-state index contributed by atoms with van der Waals surface area (Å²) in [5, 5.41) is 10.5. The van der Waals surface area contributed by atoms with Crippen molar-refractivity contribution < 1.29 is 5.11 Å². The molecule has 0 bridgehead atoms. The maximum absolute atomic E-state index is 10.5. The Hall–Kier alpha value is -0.820. The summed E-state index contributed by atoms with van der Waals surface area (Å²) < 4.78 is 0. The molecule has 1 aromatic rings. The average molecular weight is 274 g/mol. The molecule has 0 aliphatic heterocycles. The van der Waals surface area contributed by atoms with E-state index in [2.05, 4.69) is 39.0 Å². The predicted octanol–water partition coefficient (Wildman–Crippen LogP) is 4.81. The van der Waals surface area contributed by atoms with Gasteiger partial charge in [0.2, 0.25) is 0 Å². The van der Waals surface area contributed by atoms with Crippen molar-refractivity contribution >= 4 is 0 Å². The highest BCUT2D eigenvalue weighted by molar-refractivity contribution is 5.29. The maximum atomic E-state index is 10.5. The molecular weight excluding hydrogens is 244 g/mol. The first-order valence-corrected chi connectivity index (χ1v) is 8.33. The van der Waals surface area contributed by atoms with Crippen LogP contribution in [0, 0.1) is 25.7 Å². The lowest BCUT2D eigenvalue weighted by Crippen LogP contribution is -2.27. The minimum absolute atomic E-state index is 0.154. The summed E-state index contributed by atoms with van der Waals surface area (Å²) in [6.45, 7) is 6.55. The van der Waals surface area contributed by atoms with E-state index in [0.717, 1.165) is 12.3 Å². The number of hydrogen-bond acceptors (Lipinski definition) is 1. The van der Waals surface area contributed by atoms with Gasteiger partial charge < -0.3 is 5.11 Å². The smallest absolute Gasteiger partial charge is 0.0608 e. The van der Waals surface area contributed by atoms with Gasteiger partial charge in [-0.1, -0.05) is 61.9 Å². The molecular formula is C19H30O. The van der Waals surface area contributed by atoms with Crippen molar-refractivity contribution in [3.05, 3.63) is 34.9 Å². The average Bonchev–Trinajstić information content (AvgIpc) is 2.38. The molecule has 1 aromatic carbocycles. The lowest BCUT2D eigenvalue weighted by molar-refractivity contribution is 0.0728. The van der Waals surface area contributed by atoms with Crippen LogP contribution in [-0.4, -0.2) is 11.2 Å². The number of hydrogen-bond donors (Lipinski definition) is 1. The molecule has 0 amide bonds. The molecule has 1 heteroatoms. The van der Waals surface area contributed by atoms with Gasteiger partial charge in [-0.2, -0.15) is 0 Å². The molecule has 1 atom stereocenters. The fourth-order valence-corrected chi connectivity index (χ4v) is 3.86. The molecule has 112 valence electrons. The molecule has 0 aromatic heterocycles. The van der Waals surface area contributed by atoms with Gasteiger partial charge in [0, 0.05) is 0 Å². The maximum Gasteiger partial charge on any atom is 0.0608 e. The largest absolute Gasteiger partial charge is 0.392 e. The first-order chi connectivity index (χ1) is 9.58. The highest BCUT2D eigenvalue weighted by Gasteiger charge is 2.26. The van der Waals surface area contributed by atoms with Gasteiger partial charge in [-0.15, -0.1) is 0 Å². The van der Waals surface area contributed by atoms with Crippen molar-refractivity contribution in [2.24, 2.45) is 11.8 Å². The molecule has 1 N–H and O–H groups in total. The Kier molecular flexibility index (Phi) is 5.65. The Bertz CT molecular complexity index is 396. The Morgan fingerprint density at radius 1 is 1.05 bits per heavy atom. The topological polar surface area (TPSA) is 20.2 Å². The van der Waals surface area contributed by atoms with Gasteiger partial charge in [0.05, 0.1) is 6.10 Å². The number of aliphatic hydroxyl groups excluding tert-OH is 1. The van der Waals surface area contributed by atoms with Gasteiger partial charge in [0.1, 0.15) is 0 Å². The van der Waals surface area contributed by atoms with Crippen LogP contribution in [0.3, 0.4) is 0 Å². The summed E-state index contributed by atoms with van der Waals surface area (Å²) in [7, 11) is 0. The van der Waals surface area contributed by atoms with Gasteiger partial charge in [-0.3, -0.25) is 0 Å². The van der Waals surface area contributed by atoms with Crippen LogP contribution in [0.5, 0.6) is 0 Å². The van der Waals surface area contributed by atoms with Gasteiger partial charge >= 0.3 is 0 Å². The van der Waals surface area contributed by atoms with Crippen LogP contribution in [0.25, 0.3) is 0 Å². The van der Waals surface area contributed by atoms with Crippen LogP contribution in [-0.2, 0) is 6.42 Å². The second kappa shape index (κ2) is 7.26. The molecule has 1 aliphatic carbocycles. The molecule has 0 heterocycles. The van der Waals surface area contributed by atoms with Crippen molar-refractivity contribution in [2.75, 3.05) is 0 Å². The third-order valence-electron chi connectivity index (χ3n) is 4.86. The number of benzene rings is 1. The fraction of sp³-hybridized carbons (Fsp3) is 0.684. The molecule has 2 rings (SSSR count). The van der Waals surface area contributed by atoms with Crippen LogP contribution in [0.15, 0.2) is 18.2 Å². The molecule has 0 radical (unpaired) electrons. The van der Waals surface area contributed by atoms with Crippen molar-refractivity contribution in [2.45, 2.75) is 71.8 Å². The van der Waals surface area contributed by atoms with Gasteiger partial charge in [0.15, 0.2) is 0 Å². The molecule has 20 heavy (non-hydrogen) atoms. The van der Waals surface area contributed by atoms with E-state index in [-0.39, 0.29) is 6.10 Å². The zero-order valence-corrected chi connectivity index (χ0v) is 13.4. The minimum atomic E-state index is -0.154. The molecule has 0 saturated heterocycles. The highest BCUT2D eigenvalue weighted by Crippen LogP contribution is 2.34. The quantitative estimate of drug-likeness (QED) is 0.816. The summed E-state index contributed by atoms with van der Waals surface area (Å²) in [6, 6.07) is 6.64. The summed E-state index contributed by atoms with van der Waals surface area (Å²) >= 11 is 0. The molecule has 0 spiro atoms. The number of rotatable bonds is 5. The number of aryl methyl sites for hydroxylation is 2. The van der Waals surface area contributed by atoms with Crippen molar-refractivity contribution in [1.82, 2.24) is 0 Å². The van der Waals surface area contributed by atoms with Crippen LogP contribution >= 0.6 is 0 Å². The SMILES string of the molecule is CCCC1CCC(C(O)Cc2cc(C)cc(C)c2)CC1. The normalized spacial score (nSPS) is 24.6. The predicted molar refractivity (Wildman–Crippen MR) is 86.0 cm³/mol. The third-order valence-corrected chi connectivity index (χ3v) is 4.86. The lowest BCUT2D eigenvalue weighted by Gasteiger charge is -2.31. The van der Waals surface area contributed by atoms with E-state index >= 15 is 0 Å². The summed E-state index contributed by atoms with van der Waals surface area (Å²) in [5.74, 6) is 1.44. The second-order valence-electron chi connectivity index (χ2n) is 6.84. The molecule has 1 aliphatic rings. The van der Waals surface area contributed by atoms with E-state index in [0.29, 0.717) is 5.92 Å². The van der Waals surface area contributed by atoms with Gasteiger partial charge in [0.25, 0.3) is 0 Å². The third kappa shape index (κ3) is 4.34. The number of aliphatic hydroxyl groups is 1. The Morgan fingerprint density at radius 2 is 1.65 bits per heavy atom. The van der Waals surface area contributed by atoms with Crippen molar-refractivity contribution in [1.29, 1.82) is 0 Å². The monoisotopic (exact) mass is 274 g/mol. The van der Waals surface area contributed by atoms with Crippen LogP contribution < -0.4 is 0 Å². The van der Waals surface area contributed by atoms with E-state index in [1.165, 1.54) is 55.2 Å². The van der Waals surface area contributed by atoms with E-state index in [1.807, 2.05) is 0 Å². The summed E-state index contributed by atoms with van der Waals surface area (Å²) in [4.78, 5) is 0. The molecule has 1 saturated carbocycles. The van der Waals surface area contributed by atoms with Crippen molar-refractivity contribution in [3.8, 4) is 0 Å². The Morgan fingerprint density at radius 3 is 2.20 bits per heavy atom. The van der Waals surface area contributed by atoms with Gasteiger partial charge in [-0.05, 0) is 50.5 Å². The molecule has 1 fully saturated rings.